The van der Waals surface area contributed by atoms with Crippen molar-refractivity contribution in [3.05, 3.63) is 47.8 Å². The summed E-state index contributed by atoms with van der Waals surface area (Å²) in [4.78, 5) is 20.6. The van der Waals surface area contributed by atoms with Gasteiger partial charge in [-0.1, -0.05) is 26.0 Å². The summed E-state index contributed by atoms with van der Waals surface area (Å²) in [5.74, 6) is 0.681. The lowest BCUT2D eigenvalue weighted by atomic mass is 10.0. The number of amides is 1. The molecule has 2 rings (SSSR count). The van der Waals surface area contributed by atoms with Crippen LogP contribution < -0.4 is 10.6 Å². The maximum atomic E-state index is 12.2. The van der Waals surface area contributed by atoms with Crippen LogP contribution >= 0.6 is 0 Å². The van der Waals surface area contributed by atoms with Crippen molar-refractivity contribution < 1.29 is 4.79 Å². The van der Waals surface area contributed by atoms with Gasteiger partial charge in [-0.25, -0.2) is 9.97 Å². The predicted octanol–water partition coefficient (Wildman–Crippen LogP) is 3.67. The van der Waals surface area contributed by atoms with Crippen molar-refractivity contribution in [1.82, 2.24) is 9.97 Å². The van der Waals surface area contributed by atoms with E-state index in [0.29, 0.717) is 17.6 Å². The van der Waals surface area contributed by atoms with Crippen molar-refractivity contribution in [2.45, 2.75) is 39.7 Å². The zero-order valence-electron chi connectivity index (χ0n) is 13.4. The minimum Gasteiger partial charge on any atom is -0.352 e. The van der Waals surface area contributed by atoms with E-state index >= 15 is 0 Å². The Morgan fingerprint density at radius 2 is 1.73 bits per heavy atom. The Morgan fingerprint density at radius 1 is 1.05 bits per heavy atom. The van der Waals surface area contributed by atoms with Crippen molar-refractivity contribution in [2.75, 3.05) is 10.6 Å². The van der Waals surface area contributed by atoms with E-state index in [9.17, 15) is 4.79 Å². The fourth-order valence-electron chi connectivity index (χ4n) is 1.96. The van der Waals surface area contributed by atoms with Crippen molar-refractivity contribution >= 4 is 17.5 Å². The lowest BCUT2D eigenvalue weighted by molar-refractivity contribution is 0.102. The molecule has 0 spiro atoms. The zero-order chi connectivity index (χ0) is 16.1. The topological polar surface area (TPSA) is 66.9 Å². The Morgan fingerprint density at radius 3 is 2.32 bits per heavy atom. The molecule has 0 bridgehead atoms. The summed E-state index contributed by atoms with van der Waals surface area (Å²) in [6.45, 7) is 8.26. The van der Waals surface area contributed by atoms with Gasteiger partial charge in [0.05, 0.1) is 0 Å². The molecular weight excluding hydrogens is 276 g/mol. The van der Waals surface area contributed by atoms with E-state index < -0.39 is 0 Å². The Bertz CT molecular complexity index is 635. The first-order valence-electron chi connectivity index (χ1n) is 7.46. The van der Waals surface area contributed by atoms with Crippen molar-refractivity contribution in [3.8, 4) is 0 Å². The van der Waals surface area contributed by atoms with Crippen LogP contribution in [0.3, 0.4) is 0 Å². The maximum absolute atomic E-state index is 12.2. The molecule has 0 aliphatic carbocycles. The van der Waals surface area contributed by atoms with Gasteiger partial charge in [-0.3, -0.25) is 4.79 Å². The van der Waals surface area contributed by atoms with Gasteiger partial charge in [0.1, 0.15) is 5.69 Å². The normalized spacial score (nSPS) is 10.8. The molecule has 1 amide bonds. The van der Waals surface area contributed by atoms with E-state index in [2.05, 4.69) is 34.4 Å². The highest BCUT2D eigenvalue weighted by atomic mass is 16.1. The first-order valence-corrected chi connectivity index (χ1v) is 7.46. The van der Waals surface area contributed by atoms with Gasteiger partial charge in [0.2, 0.25) is 5.95 Å². The lowest BCUT2D eigenvalue weighted by Gasteiger charge is -2.10. The second-order valence-corrected chi connectivity index (χ2v) is 5.80. The number of anilines is 2. The van der Waals surface area contributed by atoms with Crippen LogP contribution in [-0.4, -0.2) is 21.9 Å². The van der Waals surface area contributed by atoms with Gasteiger partial charge in [-0.2, -0.15) is 0 Å². The molecule has 116 valence electrons. The number of hydrogen-bond acceptors (Lipinski definition) is 4. The van der Waals surface area contributed by atoms with Gasteiger partial charge in [-0.15, -0.1) is 0 Å². The number of benzene rings is 1. The Labute approximate surface area is 131 Å². The van der Waals surface area contributed by atoms with Crippen LogP contribution in [0.25, 0.3) is 0 Å². The van der Waals surface area contributed by atoms with Crippen LogP contribution in [0.15, 0.2) is 36.5 Å². The second-order valence-electron chi connectivity index (χ2n) is 5.80. The number of carbonyl (C=O) groups is 1. The van der Waals surface area contributed by atoms with Crippen LogP contribution in [-0.2, 0) is 0 Å². The summed E-state index contributed by atoms with van der Waals surface area (Å²) in [6, 6.07) is 9.66. The minimum absolute atomic E-state index is 0.210. The molecule has 0 aliphatic heterocycles. The second kappa shape index (κ2) is 7.02. The van der Waals surface area contributed by atoms with Gasteiger partial charge >= 0.3 is 0 Å². The molecule has 2 N–H and O–H groups in total. The van der Waals surface area contributed by atoms with Crippen molar-refractivity contribution in [1.29, 1.82) is 0 Å². The number of carbonyl (C=O) groups excluding carboxylic acids is 1. The molecule has 22 heavy (non-hydrogen) atoms. The summed E-state index contributed by atoms with van der Waals surface area (Å²) in [5.41, 5.74) is 2.33. The first kappa shape index (κ1) is 15.9. The fraction of sp³-hybridized carbons (Fsp3) is 0.353. The molecule has 1 aromatic heterocycles. The smallest absolute Gasteiger partial charge is 0.274 e. The zero-order valence-corrected chi connectivity index (χ0v) is 13.4. The molecule has 1 aromatic carbocycles. The third-order valence-corrected chi connectivity index (χ3v) is 3.14. The molecule has 0 saturated heterocycles. The van der Waals surface area contributed by atoms with Crippen LogP contribution in [0.4, 0.5) is 11.6 Å². The molecule has 0 unspecified atom stereocenters. The highest BCUT2D eigenvalue weighted by molar-refractivity contribution is 6.02. The van der Waals surface area contributed by atoms with E-state index in [0.717, 1.165) is 5.69 Å². The van der Waals surface area contributed by atoms with Gasteiger partial charge in [0, 0.05) is 17.9 Å². The number of hydrogen-bond donors (Lipinski definition) is 2. The van der Waals surface area contributed by atoms with Gasteiger partial charge in [0.25, 0.3) is 5.91 Å². The summed E-state index contributed by atoms with van der Waals surface area (Å²) < 4.78 is 0. The third kappa shape index (κ3) is 4.28. The first-order chi connectivity index (χ1) is 10.5. The lowest BCUT2D eigenvalue weighted by Crippen LogP contribution is -2.17. The molecule has 1 heterocycles. The molecule has 2 aromatic rings. The summed E-state index contributed by atoms with van der Waals surface area (Å²) in [6.07, 6.45) is 1.58. The molecule has 0 saturated carbocycles. The molecule has 5 heteroatoms. The largest absolute Gasteiger partial charge is 0.352 e. The van der Waals surface area contributed by atoms with E-state index in [1.54, 1.807) is 12.3 Å². The molecule has 0 fully saturated rings. The summed E-state index contributed by atoms with van der Waals surface area (Å²) in [5, 5.41) is 5.93. The van der Waals surface area contributed by atoms with Gasteiger partial charge < -0.3 is 10.6 Å². The van der Waals surface area contributed by atoms with Gasteiger partial charge in [-0.05, 0) is 43.5 Å². The molecule has 5 nitrogen and oxygen atoms in total. The van der Waals surface area contributed by atoms with Crippen LogP contribution in [0.5, 0.6) is 0 Å². The number of rotatable bonds is 5. The number of aromatic nitrogens is 2. The summed E-state index contributed by atoms with van der Waals surface area (Å²) in [7, 11) is 0. The van der Waals surface area contributed by atoms with E-state index in [-0.39, 0.29) is 11.9 Å². The molecule has 0 aliphatic rings. The Kier molecular flexibility index (Phi) is 5.09. The fourth-order valence-corrected chi connectivity index (χ4v) is 1.96. The monoisotopic (exact) mass is 298 g/mol. The minimum atomic E-state index is -0.244. The van der Waals surface area contributed by atoms with Crippen molar-refractivity contribution in [2.24, 2.45) is 0 Å². The van der Waals surface area contributed by atoms with E-state index in [4.69, 9.17) is 0 Å². The Hall–Kier alpha value is -2.43. The highest BCUT2D eigenvalue weighted by Crippen LogP contribution is 2.17. The molecule has 0 atom stereocenters. The summed E-state index contributed by atoms with van der Waals surface area (Å²) >= 11 is 0. The SMILES string of the molecule is CC(C)Nc1nccc(C(=O)Nc2ccc(C(C)C)cc2)n1. The van der Waals surface area contributed by atoms with Crippen LogP contribution in [0.1, 0.15) is 49.7 Å². The molecular formula is C17H22N4O. The quantitative estimate of drug-likeness (QED) is 0.883. The standard InChI is InChI=1S/C17H22N4O/c1-11(2)13-5-7-14(8-6-13)20-16(22)15-9-10-18-17(21-15)19-12(3)4/h5-12H,1-4H3,(H,20,22)(H,18,19,21). The molecule has 0 radical (unpaired) electrons. The number of nitrogens with zero attached hydrogens (tertiary/aromatic N) is 2. The van der Waals surface area contributed by atoms with E-state index in [1.807, 2.05) is 38.1 Å². The number of nitrogens with one attached hydrogen (secondary N) is 2. The predicted molar refractivity (Wildman–Crippen MR) is 89.3 cm³/mol. The average Bonchev–Trinajstić information content (AvgIpc) is 2.47. The van der Waals surface area contributed by atoms with Crippen molar-refractivity contribution in [3.63, 3.8) is 0 Å². The Balaban J connectivity index is 2.08. The van der Waals surface area contributed by atoms with Gasteiger partial charge in [0.15, 0.2) is 0 Å². The van der Waals surface area contributed by atoms with Crippen LogP contribution in [0, 0.1) is 0 Å². The maximum Gasteiger partial charge on any atom is 0.274 e. The average molecular weight is 298 g/mol. The van der Waals surface area contributed by atoms with Crippen LogP contribution in [0.2, 0.25) is 0 Å². The van der Waals surface area contributed by atoms with E-state index in [1.165, 1.54) is 5.56 Å². The highest BCUT2D eigenvalue weighted by Gasteiger charge is 2.10. The third-order valence-electron chi connectivity index (χ3n) is 3.14.